The second-order valence-corrected chi connectivity index (χ2v) is 6.64. The first-order chi connectivity index (χ1) is 11.3. The van der Waals surface area contributed by atoms with Gasteiger partial charge in [-0.2, -0.15) is 0 Å². The molecule has 0 spiro atoms. The summed E-state index contributed by atoms with van der Waals surface area (Å²) in [7, 11) is 0. The Morgan fingerprint density at radius 3 is 2.74 bits per heavy atom. The van der Waals surface area contributed by atoms with E-state index in [0.717, 1.165) is 32.8 Å². The van der Waals surface area contributed by atoms with Gasteiger partial charge in [0.2, 0.25) is 0 Å². The van der Waals surface area contributed by atoms with Crippen molar-refractivity contribution >= 4 is 17.4 Å². The number of morpholine rings is 1. The first-order valence-corrected chi connectivity index (χ1v) is 9.32. The molecule has 1 unspecified atom stereocenters. The molecule has 23 heavy (non-hydrogen) atoms. The van der Waals surface area contributed by atoms with Gasteiger partial charge >= 0.3 is 0 Å². The predicted octanol–water partition coefficient (Wildman–Crippen LogP) is 3.72. The molecule has 2 aromatic carbocycles. The monoisotopic (exact) mass is 328 g/mol. The number of rotatable bonds is 6. The average molecular weight is 328 g/mol. The van der Waals surface area contributed by atoms with E-state index in [9.17, 15) is 0 Å². The highest BCUT2D eigenvalue weighted by Crippen LogP contribution is 2.24. The van der Waals surface area contributed by atoms with E-state index in [1.807, 2.05) is 0 Å². The molecule has 1 aliphatic heterocycles. The average Bonchev–Trinajstić information content (AvgIpc) is 2.61. The molecule has 2 aromatic rings. The molecule has 1 saturated heterocycles. The summed E-state index contributed by atoms with van der Waals surface area (Å²) < 4.78 is 5.93. The highest BCUT2D eigenvalue weighted by Gasteiger charge is 2.20. The van der Waals surface area contributed by atoms with Crippen molar-refractivity contribution in [2.45, 2.75) is 17.5 Å². The maximum absolute atomic E-state index is 5.93. The number of hydrogen-bond donors (Lipinski definition) is 1. The van der Waals surface area contributed by atoms with E-state index in [2.05, 4.69) is 71.1 Å². The number of thioether (sulfide) groups is 1. The van der Waals surface area contributed by atoms with Crippen molar-refractivity contribution in [3.63, 3.8) is 0 Å². The summed E-state index contributed by atoms with van der Waals surface area (Å²) in [5.74, 6) is 0. The Hall–Kier alpha value is -1.49. The summed E-state index contributed by atoms with van der Waals surface area (Å²) >= 11 is 1.77. The van der Waals surface area contributed by atoms with Crippen LogP contribution >= 0.6 is 11.8 Å². The minimum absolute atomic E-state index is 0.238. The summed E-state index contributed by atoms with van der Waals surface area (Å²) in [4.78, 5) is 3.76. The fourth-order valence-electron chi connectivity index (χ4n) is 2.90. The SMILES string of the molecule is CSc1ccccc1NCC1CN(Cc2ccccc2)CCO1. The van der Waals surface area contributed by atoms with Crippen LogP contribution in [0, 0.1) is 0 Å². The van der Waals surface area contributed by atoms with E-state index in [-0.39, 0.29) is 6.10 Å². The van der Waals surface area contributed by atoms with Gasteiger partial charge in [-0.05, 0) is 24.0 Å². The second-order valence-electron chi connectivity index (χ2n) is 5.79. The van der Waals surface area contributed by atoms with Crippen molar-refractivity contribution in [3.8, 4) is 0 Å². The van der Waals surface area contributed by atoms with Gasteiger partial charge in [-0.1, -0.05) is 42.5 Å². The standard InChI is InChI=1S/C19H24N2OS/c1-23-19-10-6-5-9-18(19)20-13-17-15-21(11-12-22-17)14-16-7-3-2-4-8-16/h2-10,17,20H,11-15H2,1H3. The van der Waals surface area contributed by atoms with Crippen LogP contribution in [0.2, 0.25) is 0 Å². The number of hydrogen-bond acceptors (Lipinski definition) is 4. The van der Waals surface area contributed by atoms with Gasteiger partial charge in [0, 0.05) is 36.8 Å². The van der Waals surface area contributed by atoms with Crippen LogP contribution in [0.5, 0.6) is 0 Å². The van der Waals surface area contributed by atoms with Crippen LogP contribution < -0.4 is 5.32 Å². The smallest absolute Gasteiger partial charge is 0.0874 e. The quantitative estimate of drug-likeness (QED) is 0.817. The van der Waals surface area contributed by atoms with Crippen molar-refractivity contribution in [1.82, 2.24) is 4.90 Å². The van der Waals surface area contributed by atoms with Crippen LogP contribution in [0.4, 0.5) is 5.69 Å². The summed E-state index contributed by atoms with van der Waals surface area (Å²) in [6.07, 6.45) is 2.35. The van der Waals surface area contributed by atoms with Gasteiger partial charge in [-0.3, -0.25) is 4.90 Å². The lowest BCUT2D eigenvalue weighted by Gasteiger charge is -2.33. The number of nitrogens with one attached hydrogen (secondary N) is 1. The van der Waals surface area contributed by atoms with Crippen molar-refractivity contribution in [1.29, 1.82) is 0 Å². The van der Waals surface area contributed by atoms with Gasteiger partial charge in [0.05, 0.1) is 12.7 Å². The third kappa shape index (κ3) is 4.74. The van der Waals surface area contributed by atoms with Crippen LogP contribution in [0.3, 0.4) is 0 Å². The predicted molar refractivity (Wildman–Crippen MR) is 98.2 cm³/mol. The molecule has 0 aromatic heterocycles. The minimum Gasteiger partial charge on any atom is -0.381 e. The number of para-hydroxylation sites is 1. The zero-order valence-corrected chi connectivity index (χ0v) is 14.4. The Bertz CT molecular complexity index is 605. The van der Waals surface area contributed by atoms with E-state index in [1.54, 1.807) is 11.8 Å². The highest BCUT2D eigenvalue weighted by molar-refractivity contribution is 7.98. The van der Waals surface area contributed by atoms with Crippen molar-refractivity contribution in [2.75, 3.05) is 37.8 Å². The Kier molecular flexibility index (Phi) is 5.97. The van der Waals surface area contributed by atoms with E-state index >= 15 is 0 Å². The molecule has 0 saturated carbocycles. The normalized spacial score (nSPS) is 18.7. The first kappa shape index (κ1) is 16.4. The Labute approximate surface area is 143 Å². The molecule has 1 atom stereocenters. The molecule has 3 nitrogen and oxygen atoms in total. The van der Waals surface area contributed by atoms with E-state index < -0.39 is 0 Å². The lowest BCUT2D eigenvalue weighted by molar-refractivity contribution is -0.0240. The number of anilines is 1. The van der Waals surface area contributed by atoms with Gasteiger partial charge in [0.25, 0.3) is 0 Å². The topological polar surface area (TPSA) is 24.5 Å². The van der Waals surface area contributed by atoms with Gasteiger partial charge in [-0.15, -0.1) is 11.8 Å². The van der Waals surface area contributed by atoms with E-state index in [0.29, 0.717) is 0 Å². The minimum atomic E-state index is 0.238. The van der Waals surface area contributed by atoms with Crippen LogP contribution in [-0.4, -0.2) is 43.5 Å². The van der Waals surface area contributed by atoms with Gasteiger partial charge in [0.15, 0.2) is 0 Å². The molecular weight excluding hydrogens is 304 g/mol. The van der Waals surface area contributed by atoms with Crippen LogP contribution in [-0.2, 0) is 11.3 Å². The number of benzene rings is 2. The summed E-state index contributed by atoms with van der Waals surface area (Å²) in [5.41, 5.74) is 2.57. The fourth-order valence-corrected chi connectivity index (χ4v) is 3.48. The van der Waals surface area contributed by atoms with Crippen LogP contribution in [0.25, 0.3) is 0 Å². The maximum Gasteiger partial charge on any atom is 0.0874 e. The zero-order chi connectivity index (χ0) is 15.9. The summed E-state index contributed by atoms with van der Waals surface area (Å²) in [6, 6.07) is 19.1. The van der Waals surface area contributed by atoms with Gasteiger partial charge < -0.3 is 10.1 Å². The molecule has 1 fully saturated rings. The molecule has 0 radical (unpaired) electrons. The number of ether oxygens (including phenoxy) is 1. The van der Waals surface area contributed by atoms with E-state index in [4.69, 9.17) is 4.74 Å². The molecule has 1 N–H and O–H groups in total. The lowest BCUT2D eigenvalue weighted by atomic mass is 10.2. The lowest BCUT2D eigenvalue weighted by Crippen LogP contribution is -2.44. The van der Waals surface area contributed by atoms with Gasteiger partial charge in [-0.25, -0.2) is 0 Å². The van der Waals surface area contributed by atoms with Crippen LogP contribution in [0.1, 0.15) is 5.56 Å². The first-order valence-electron chi connectivity index (χ1n) is 8.10. The molecule has 1 aliphatic rings. The fraction of sp³-hybridized carbons (Fsp3) is 0.368. The van der Waals surface area contributed by atoms with Gasteiger partial charge in [0.1, 0.15) is 0 Å². The zero-order valence-electron chi connectivity index (χ0n) is 13.6. The molecule has 0 amide bonds. The third-order valence-corrected chi connectivity index (χ3v) is 4.89. The highest BCUT2D eigenvalue weighted by atomic mass is 32.2. The molecule has 1 heterocycles. The number of nitrogens with zero attached hydrogens (tertiary/aromatic N) is 1. The maximum atomic E-state index is 5.93. The van der Waals surface area contributed by atoms with E-state index in [1.165, 1.54) is 16.1 Å². The largest absolute Gasteiger partial charge is 0.381 e. The second kappa shape index (κ2) is 8.39. The molecule has 4 heteroatoms. The summed E-state index contributed by atoms with van der Waals surface area (Å²) in [5, 5.41) is 3.55. The Balaban J connectivity index is 1.52. The Morgan fingerprint density at radius 1 is 1.13 bits per heavy atom. The third-order valence-electron chi connectivity index (χ3n) is 4.10. The molecule has 0 aliphatic carbocycles. The van der Waals surface area contributed by atoms with Crippen molar-refractivity contribution in [2.24, 2.45) is 0 Å². The molecule has 122 valence electrons. The molecule has 0 bridgehead atoms. The summed E-state index contributed by atoms with van der Waals surface area (Å²) in [6.45, 7) is 4.64. The molecular formula is C19H24N2OS. The van der Waals surface area contributed by atoms with Crippen LogP contribution in [0.15, 0.2) is 59.5 Å². The van der Waals surface area contributed by atoms with Crippen molar-refractivity contribution < 1.29 is 4.74 Å². The van der Waals surface area contributed by atoms with Crippen molar-refractivity contribution in [3.05, 3.63) is 60.2 Å². The Morgan fingerprint density at radius 2 is 1.91 bits per heavy atom. The molecule has 3 rings (SSSR count).